The van der Waals surface area contributed by atoms with E-state index < -0.39 is 0 Å². The molecule has 3 aliphatic rings. The van der Waals surface area contributed by atoms with Crippen molar-refractivity contribution in [3.63, 3.8) is 0 Å². The Hall–Kier alpha value is -0.980. The molecule has 0 spiro atoms. The van der Waals surface area contributed by atoms with Crippen LogP contribution in [0.3, 0.4) is 0 Å². The first-order valence-electron chi connectivity index (χ1n) is 8.19. The van der Waals surface area contributed by atoms with Gasteiger partial charge in [-0.15, -0.1) is 0 Å². The summed E-state index contributed by atoms with van der Waals surface area (Å²) in [4.78, 5) is 7.00. The molecule has 2 saturated carbocycles. The molecule has 2 N–H and O–H groups in total. The first-order chi connectivity index (χ1) is 10.3. The van der Waals surface area contributed by atoms with Crippen molar-refractivity contribution in [2.24, 2.45) is 17.6 Å². The number of rotatable bonds is 3. The van der Waals surface area contributed by atoms with Crippen LogP contribution in [0, 0.1) is 11.8 Å². The van der Waals surface area contributed by atoms with Crippen molar-refractivity contribution in [3.05, 3.63) is 11.7 Å². The maximum Gasteiger partial charge on any atom is 0.231 e. The molecule has 1 aromatic rings. The van der Waals surface area contributed by atoms with Crippen LogP contribution in [-0.4, -0.2) is 47.3 Å². The molecule has 0 aromatic carbocycles. The Balaban J connectivity index is 1.51. The minimum atomic E-state index is -0.0639. The zero-order valence-electron chi connectivity index (χ0n) is 12.6. The SMILES string of the molecule is CCN1CCOC(c2noc(C3C4CCC(C4)C3N)n2)C1. The van der Waals surface area contributed by atoms with E-state index in [0.29, 0.717) is 17.7 Å². The van der Waals surface area contributed by atoms with Crippen molar-refractivity contribution >= 4 is 0 Å². The molecular weight excluding hydrogens is 268 g/mol. The monoisotopic (exact) mass is 292 g/mol. The molecule has 4 rings (SSSR count). The Morgan fingerprint density at radius 1 is 1.33 bits per heavy atom. The summed E-state index contributed by atoms with van der Waals surface area (Å²) in [6.45, 7) is 5.75. The van der Waals surface area contributed by atoms with E-state index in [0.717, 1.165) is 32.1 Å². The molecule has 2 heterocycles. The fraction of sp³-hybridized carbons (Fsp3) is 0.867. The van der Waals surface area contributed by atoms with Crippen molar-refractivity contribution in [2.75, 3.05) is 26.2 Å². The molecule has 0 radical (unpaired) electrons. The Bertz CT molecular complexity index is 504. The average Bonchev–Trinajstić information content (AvgIpc) is 3.22. The highest BCUT2D eigenvalue weighted by Crippen LogP contribution is 2.51. The van der Waals surface area contributed by atoms with Crippen LogP contribution in [0.5, 0.6) is 0 Å². The van der Waals surface area contributed by atoms with Crippen LogP contribution in [-0.2, 0) is 4.74 Å². The van der Waals surface area contributed by atoms with Crippen molar-refractivity contribution in [2.45, 2.75) is 44.2 Å². The summed E-state index contributed by atoms with van der Waals surface area (Å²) in [5.74, 6) is 2.98. The zero-order chi connectivity index (χ0) is 14.4. The first kappa shape index (κ1) is 13.7. The normalized spacial score (nSPS) is 40.0. The van der Waals surface area contributed by atoms with Gasteiger partial charge in [-0.25, -0.2) is 0 Å². The molecule has 1 saturated heterocycles. The number of hydrogen-bond donors (Lipinski definition) is 1. The number of aromatic nitrogens is 2. The summed E-state index contributed by atoms with van der Waals surface area (Å²) in [5.41, 5.74) is 6.36. The van der Waals surface area contributed by atoms with Crippen LogP contribution in [0.2, 0.25) is 0 Å². The maximum atomic E-state index is 6.36. The number of nitrogens with zero attached hydrogens (tertiary/aromatic N) is 3. The number of nitrogens with two attached hydrogens (primary N) is 1. The molecule has 3 fully saturated rings. The van der Waals surface area contributed by atoms with E-state index in [9.17, 15) is 0 Å². The van der Waals surface area contributed by atoms with Crippen molar-refractivity contribution in [1.29, 1.82) is 0 Å². The van der Waals surface area contributed by atoms with Gasteiger partial charge in [0.1, 0.15) is 6.10 Å². The number of morpholine rings is 1. The molecule has 6 nitrogen and oxygen atoms in total. The molecule has 5 unspecified atom stereocenters. The Morgan fingerprint density at radius 3 is 2.95 bits per heavy atom. The second-order valence-corrected chi connectivity index (χ2v) is 6.68. The Labute approximate surface area is 125 Å². The fourth-order valence-electron chi connectivity index (χ4n) is 4.36. The van der Waals surface area contributed by atoms with Gasteiger partial charge in [0.15, 0.2) is 0 Å². The van der Waals surface area contributed by atoms with Crippen molar-refractivity contribution < 1.29 is 9.26 Å². The predicted molar refractivity (Wildman–Crippen MR) is 76.7 cm³/mol. The average molecular weight is 292 g/mol. The Kier molecular flexibility index (Phi) is 3.47. The lowest BCUT2D eigenvalue weighted by Gasteiger charge is -2.30. The summed E-state index contributed by atoms with van der Waals surface area (Å²) in [6.07, 6.45) is 3.68. The van der Waals surface area contributed by atoms with Crippen LogP contribution >= 0.6 is 0 Å². The van der Waals surface area contributed by atoms with E-state index in [4.69, 9.17) is 15.0 Å². The van der Waals surface area contributed by atoms with Crippen LogP contribution in [0.4, 0.5) is 0 Å². The summed E-state index contributed by atoms with van der Waals surface area (Å²) in [5, 5.41) is 4.18. The van der Waals surface area contributed by atoms with Gasteiger partial charge in [-0.3, -0.25) is 4.90 Å². The lowest BCUT2D eigenvalue weighted by atomic mass is 9.85. The van der Waals surface area contributed by atoms with E-state index in [-0.39, 0.29) is 18.1 Å². The molecule has 6 heteroatoms. The second-order valence-electron chi connectivity index (χ2n) is 6.68. The predicted octanol–water partition coefficient (Wildman–Crippen LogP) is 1.30. The lowest BCUT2D eigenvalue weighted by Crippen LogP contribution is -2.38. The van der Waals surface area contributed by atoms with Gasteiger partial charge in [0.25, 0.3) is 0 Å². The van der Waals surface area contributed by atoms with Gasteiger partial charge in [0, 0.05) is 19.1 Å². The Morgan fingerprint density at radius 2 is 2.19 bits per heavy atom. The van der Waals surface area contributed by atoms with Gasteiger partial charge in [-0.2, -0.15) is 4.98 Å². The van der Waals surface area contributed by atoms with E-state index in [2.05, 4.69) is 22.0 Å². The first-order valence-corrected chi connectivity index (χ1v) is 8.19. The molecule has 0 amide bonds. The van der Waals surface area contributed by atoms with Crippen molar-refractivity contribution in [1.82, 2.24) is 15.0 Å². The third-order valence-corrected chi connectivity index (χ3v) is 5.61. The second kappa shape index (κ2) is 5.34. The number of ether oxygens (including phenoxy) is 1. The maximum absolute atomic E-state index is 6.36. The third-order valence-electron chi connectivity index (χ3n) is 5.61. The molecule has 1 aromatic heterocycles. The van der Waals surface area contributed by atoms with E-state index in [1.807, 2.05) is 0 Å². The van der Waals surface area contributed by atoms with E-state index in [1.165, 1.54) is 19.3 Å². The van der Waals surface area contributed by atoms with Gasteiger partial charge in [0.05, 0.1) is 12.5 Å². The molecule has 2 bridgehead atoms. The molecule has 116 valence electrons. The minimum Gasteiger partial charge on any atom is -0.367 e. The number of hydrogen-bond acceptors (Lipinski definition) is 6. The molecular formula is C15H24N4O2. The van der Waals surface area contributed by atoms with Crippen LogP contribution in [0.1, 0.15) is 49.9 Å². The van der Waals surface area contributed by atoms with Gasteiger partial charge in [-0.1, -0.05) is 12.1 Å². The number of likely N-dealkylation sites (N-methyl/N-ethyl adjacent to an activating group) is 1. The summed E-state index contributed by atoms with van der Waals surface area (Å²) < 4.78 is 11.4. The fourth-order valence-corrected chi connectivity index (χ4v) is 4.36. The summed E-state index contributed by atoms with van der Waals surface area (Å²) in [6, 6.07) is 0.191. The van der Waals surface area contributed by atoms with E-state index in [1.54, 1.807) is 0 Å². The van der Waals surface area contributed by atoms with Crippen LogP contribution < -0.4 is 5.73 Å². The molecule has 5 atom stereocenters. The highest BCUT2D eigenvalue weighted by molar-refractivity contribution is 5.12. The highest BCUT2D eigenvalue weighted by atomic mass is 16.5. The number of fused-ring (bicyclic) bond motifs is 2. The van der Waals surface area contributed by atoms with Gasteiger partial charge >= 0.3 is 0 Å². The third kappa shape index (κ3) is 2.29. The van der Waals surface area contributed by atoms with Crippen LogP contribution in [0.25, 0.3) is 0 Å². The van der Waals surface area contributed by atoms with Gasteiger partial charge in [0.2, 0.25) is 11.7 Å². The van der Waals surface area contributed by atoms with Crippen LogP contribution in [0.15, 0.2) is 4.52 Å². The molecule has 21 heavy (non-hydrogen) atoms. The standard InChI is InChI=1S/C15H24N4O2/c1-2-19-5-6-20-11(8-19)14-17-15(21-18-14)12-9-3-4-10(7-9)13(12)16/h9-13H,2-8,16H2,1H3. The summed E-state index contributed by atoms with van der Waals surface area (Å²) in [7, 11) is 0. The zero-order valence-corrected chi connectivity index (χ0v) is 12.6. The highest BCUT2D eigenvalue weighted by Gasteiger charge is 2.49. The van der Waals surface area contributed by atoms with Gasteiger partial charge < -0.3 is 15.0 Å². The van der Waals surface area contributed by atoms with Crippen molar-refractivity contribution in [3.8, 4) is 0 Å². The lowest BCUT2D eigenvalue weighted by molar-refractivity contribution is -0.0334. The largest absolute Gasteiger partial charge is 0.367 e. The molecule has 2 aliphatic carbocycles. The minimum absolute atomic E-state index is 0.0639. The van der Waals surface area contributed by atoms with Gasteiger partial charge in [-0.05, 0) is 37.6 Å². The molecule has 1 aliphatic heterocycles. The topological polar surface area (TPSA) is 77.4 Å². The summed E-state index contributed by atoms with van der Waals surface area (Å²) >= 11 is 0. The van der Waals surface area contributed by atoms with E-state index >= 15 is 0 Å². The quantitative estimate of drug-likeness (QED) is 0.905. The smallest absolute Gasteiger partial charge is 0.231 e.